The van der Waals surface area contributed by atoms with Gasteiger partial charge in [-0.25, -0.2) is 0 Å². The summed E-state index contributed by atoms with van der Waals surface area (Å²) in [6.07, 6.45) is 6.86. The molecule has 0 saturated carbocycles. The molecule has 2 aromatic rings. The molecule has 3 heteroatoms. The summed E-state index contributed by atoms with van der Waals surface area (Å²) >= 11 is 0. The van der Waals surface area contributed by atoms with Gasteiger partial charge in [-0.1, -0.05) is 0 Å². The Morgan fingerprint density at radius 1 is 1.21 bits per heavy atom. The maximum Gasteiger partial charge on any atom is 0.0963 e. The first-order valence-corrected chi connectivity index (χ1v) is 4.44. The first kappa shape index (κ1) is 9.09. The summed E-state index contributed by atoms with van der Waals surface area (Å²) in [7, 11) is 0. The van der Waals surface area contributed by atoms with E-state index in [4.69, 9.17) is 8.83 Å². The highest BCUT2D eigenvalue weighted by Crippen LogP contribution is 2.25. The molecule has 3 nitrogen and oxygen atoms in total. The topological polar surface area (TPSA) is 46.5 Å². The van der Waals surface area contributed by atoms with Gasteiger partial charge in [-0.3, -0.25) is 0 Å². The van der Waals surface area contributed by atoms with Gasteiger partial charge >= 0.3 is 0 Å². The van der Waals surface area contributed by atoms with Crippen LogP contribution in [-0.2, 0) is 12.0 Å². The van der Waals surface area contributed by atoms with Crippen molar-refractivity contribution in [3.05, 3.63) is 48.3 Å². The van der Waals surface area contributed by atoms with E-state index in [0.29, 0.717) is 6.42 Å². The maximum absolute atomic E-state index is 10.1. The molecule has 1 N–H and O–H groups in total. The molecule has 1 unspecified atom stereocenters. The highest BCUT2D eigenvalue weighted by molar-refractivity contribution is 5.20. The van der Waals surface area contributed by atoms with Gasteiger partial charge in [0.05, 0.1) is 30.7 Å². The molecule has 0 aromatic carbocycles. The van der Waals surface area contributed by atoms with Crippen LogP contribution in [0.1, 0.15) is 18.1 Å². The molecule has 0 bridgehead atoms. The maximum atomic E-state index is 10.1. The third-order valence-corrected chi connectivity index (χ3v) is 2.27. The lowest BCUT2D eigenvalue weighted by Gasteiger charge is -2.20. The van der Waals surface area contributed by atoms with E-state index in [1.807, 2.05) is 6.07 Å². The molecule has 0 aliphatic heterocycles. The number of hydrogen-bond acceptors (Lipinski definition) is 3. The third kappa shape index (κ3) is 1.72. The summed E-state index contributed by atoms with van der Waals surface area (Å²) < 4.78 is 9.88. The normalized spacial score (nSPS) is 15.3. The van der Waals surface area contributed by atoms with E-state index in [-0.39, 0.29) is 0 Å². The van der Waals surface area contributed by atoms with Crippen LogP contribution in [0.15, 0.2) is 46.0 Å². The monoisotopic (exact) mass is 192 g/mol. The molecule has 0 saturated heterocycles. The van der Waals surface area contributed by atoms with Gasteiger partial charge in [-0.2, -0.15) is 0 Å². The van der Waals surface area contributed by atoms with Gasteiger partial charge in [0.2, 0.25) is 0 Å². The molecule has 1 atom stereocenters. The fraction of sp³-hybridized carbons (Fsp3) is 0.273. The van der Waals surface area contributed by atoms with Crippen LogP contribution < -0.4 is 0 Å². The second-order valence-corrected chi connectivity index (χ2v) is 3.59. The fourth-order valence-corrected chi connectivity index (χ4v) is 1.46. The zero-order valence-corrected chi connectivity index (χ0v) is 7.93. The van der Waals surface area contributed by atoms with Crippen LogP contribution >= 0.6 is 0 Å². The Bertz CT molecular complexity index is 371. The van der Waals surface area contributed by atoms with Crippen LogP contribution in [0.3, 0.4) is 0 Å². The lowest BCUT2D eigenvalue weighted by molar-refractivity contribution is 0.0568. The number of hydrogen-bond donors (Lipinski definition) is 1. The van der Waals surface area contributed by atoms with E-state index in [2.05, 4.69) is 0 Å². The Kier molecular flexibility index (Phi) is 2.17. The van der Waals surface area contributed by atoms with Crippen molar-refractivity contribution in [2.45, 2.75) is 18.9 Å². The van der Waals surface area contributed by atoms with Crippen molar-refractivity contribution in [3.63, 3.8) is 0 Å². The smallest absolute Gasteiger partial charge is 0.0963 e. The van der Waals surface area contributed by atoms with Crippen molar-refractivity contribution in [2.24, 2.45) is 0 Å². The summed E-state index contributed by atoms with van der Waals surface area (Å²) in [5.74, 6) is 0. The van der Waals surface area contributed by atoms with Gasteiger partial charge in [-0.05, 0) is 24.6 Å². The molecule has 14 heavy (non-hydrogen) atoms. The fourth-order valence-electron chi connectivity index (χ4n) is 1.46. The Labute approximate surface area is 82.0 Å². The standard InChI is InChI=1S/C11H12O3/c1-11(12,10-3-5-14-8-10)6-9-2-4-13-7-9/h2-5,7-8,12H,6H2,1H3. The van der Waals surface area contributed by atoms with E-state index in [1.54, 1.807) is 38.0 Å². The lowest BCUT2D eigenvalue weighted by Crippen LogP contribution is -2.23. The van der Waals surface area contributed by atoms with Crippen LogP contribution in [0.2, 0.25) is 0 Å². The molecule has 74 valence electrons. The molecule has 2 heterocycles. The summed E-state index contributed by atoms with van der Waals surface area (Å²) in [5.41, 5.74) is 0.839. The second kappa shape index (κ2) is 3.35. The molecule has 0 amide bonds. The SMILES string of the molecule is CC(O)(Cc1ccoc1)c1ccoc1. The van der Waals surface area contributed by atoms with Gasteiger partial charge < -0.3 is 13.9 Å². The second-order valence-electron chi connectivity index (χ2n) is 3.59. The van der Waals surface area contributed by atoms with Crippen molar-refractivity contribution in [3.8, 4) is 0 Å². The Morgan fingerprint density at radius 3 is 2.50 bits per heavy atom. The molecule has 2 aromatic heterocycles. The first-order chi connectivity index (χ1) is 6.68. The van der Waals surface area contributed by atoms with Gasteiger partial charge in [0.1, 0.15) is 0 Å². The zero-order valence-electron chi connectivity index (χ0n) is 7.93. The predicted molar refractivity (Wildman–Crippen MR) is 50.7 cm³/mol. The largest absolute Gasteiger partial charge is 0.472 e. The number of furan rings is 2. The Balaban J connectivity index is 2.17. The minimum Gasteiger partial charge on any atom is -0.472 e. The van der Waals surface area contributed by atoms with E-state index < -0.39 is 5.60 Å². The molecular formula is C11H12O3. The van der Waals surface area contributed by atoms with Crippen LogP contribution in [-0.4, -0.2) is 5.11 Å². The molecule has 0 spiro atoms. The zero-order chi connectivity index (χ0) is 10.0. The van der Waals surface area contributed by atoms with Crippen molar-refractivity contribution >= 4 is 0 Å². The average molecular weight is 192 g/mol. The van der Waals surface area contributed by atoms with Crippen molar-refractivity contribution < 1.29 is 13.9 Å². The molecule has 0 aliphatic carbocycles. The van der Waals surface area contributed by atoms with Gasteiger partial charge in [0.25, 0.3) is 0 Å². The molecule has 0 fully saturated rings. The minimum absolute atomic E-state index is 0.517. The van der Waals surface area contributed by atoms with Gasteiger partial charge in [0, 0.05) is 12.0 Å². The third-order valence-electron chi connectivity index (χ3n) is 2.27. The van der Waals surface area contributed by atoms with Crippen LogP contribution in [0, 0.1) is 0 Å². The minimum atomic E-state index is -0.906. The van der Waals surface area contributed by atoms with Gasteiger partial charge in [-0.15, -0.1) is 0 Å². The van der Waals surface area contributed by atoms with Crippen molar-refractivity contribution in [1.82, 2.24) is 0 Å². The summed E-state index contributed by atoms with van der Waals surface area (Å²) in [5, 5.41) is 10.1. The number of aliphatic hydroxyl groups is 1. The van der Waals surface area contributed by atoms with Gasteiger partial charge in [0.15, 0.2) is 0 Å². The molecule has 0 aliphatic rings. The Morgan fingerprint density at radius 2 is 1.93 bits per heavy atom. The molecule has 0 radical (unpaired) electrons. The van der Waals surface area contributed by atoms with Crippen LogP contribution in [0.4, 0.5) is 0 Å². The predicted octanol–water partition coefficient (Wildman–Crippen LogP) is 2.32. The highest BCUT2D eigenvalue weighted by atomic mass is 16.3. The summed E-state index contributed by atoms with van der Waals surface area (Å²) in [4.78, 5) is 0. The van der Waals surface area contributed by atoms with E-state index in [1.165, 1.54) is 0 Å². The van der Waals surface area contributed by atoms with E-state index in [9.17, 15) is 5.11 Å². The van der Waals surface area contributed by atoms with E-state index in [0.717, 1.165) is 11.1 Å². The lowest BCUT2D eigenvalue weighted by atomic mass is 9.92. The Hall–Kier alpha value is -1.48. The number of rotatable bonds is 3. The summed E-state index contributed by atoms with van der Waals surface area (Å²) in [6.45, 7) is 1.75. The molecular weight excluding hydrogens is 180 g/mol. The first-order valence-electron chi connectivity index (χ1n) is 4.44. The summed E-state index contributed by atoms with van der Waals surface area (Å²) in [6, 6.07) is 3.61. The average Bonchev–Trinajstić information content (AvgIpc) is 2.71. The highest BCUT2D eigenvalue weighted by Gasteiger charge is 2.24. The van der Waals surface area contributed by atoms with Crippen molar-refractivity contribution in [1.29, 1.82) is 0 Å². The van der Waals surface area contributed by atoms with Crippen molar-refractivity contribution in [2.75, 3.05) is 0 Å². The van der Waals surface area contributed by atoms with Crippen LogP contribution in [0.25, 0.3) is 0 Å². The quantitative estimate of drug-likeness (QED) is 0.811. The van der Waals surface area contributed by atoms with E-state index >= 15 is 0 Å². The molecule has 2 rings (SSSR count). The van der Waals surface area contributed by atoms with Crippen LogP contribution in [0.5, 0.6) is 0 Å².